The fourth-order valence-corrected chi connectivity index (χ4v) is 3.01. The van der Waals surface area contributed by atoms with Crippen LogP contribution in [0.15, 0.2) is 30.3 Å². The second-order valence-electron chi connectivity index (χ2n) is 6.35. The second kappa shape index (κ2) is 9.01. The third kappa shape index (κ3) is 5.61. The Morgan fingerprint density at radius 1 is 1.30 bits per heavy atom. The van der Waals surface area contributed by atoms with E-state index in [0.717, 1.165) is 32.8 Å². The first kappa shape index (κ1) is 17.9. The number of carbonyl (C=O) groups is 1. The largest absolute Gasteiger partial charge is 0.383 e. The molecule has 0 radical (unpaired) electrons. The van der Waals surface area contributed by atoms with Gasteiger partial charge in [0.05, 0.1) is 13.2 Å². The molecule has 1 unspecified atom stereocenters. The number of carbonyl (C=O) groups excluding carboxylic acids is 1. The van der Waals surface area contributed by atoms with E-state index in [1.165, 1.54) is 5.56 Å². The summed E-state index contributed by atoms with van der Waals surface area (Å²) in [4.78, 5) is 18.9. The molecule has 1 saturated heterocycles. The predicted octanol–water partition coefficient (Wildman–Crippen LogP) is 1.30. The summed E-state index contributed by atoms with van der Waals surface area (Å²) in [6.45, 7) is 8.01. The van der Waals surface area contributed by atoms with Gasteiger partial charge in [0.1, 0.15) is 0 Å². The van der Waals surface area contributed by atoms with Crippen LogP contribution in [0.5, 0.6) is 0 Å². The molecule has 1 aliphatic rings. The van der Waals surface area contributed by atoms with Crippen molar-refractivity contribution in [2.75, 3.05) is 53.5 Å². The van der Waals surface area contributed by atoms with Gasteiger partial charge in [-0.25, -0.2) is 0 Å². The minimum atomic E-state index is 0.186. The Morgan fingerprint density at radius 3 is 2.70 bits per heavy atom. The molecule has 5 nitrogen and oxygen atoms in total. The quantitative estimate of drug-likeness (QED) is 0.759. The van der Waals surface area contributed by atoms with Crippen molar-refractivity contribution in [1.82, 2.24) is 14.7 Å². The molecular weight excluding hydrogens is 290 g/mol. The number of methoxy groups -OCH3 is 1. The number of hydrogen-bond donors (Lipinski definition) is 0. The molecule has 1 fully saturated rings. The topological polar surface area (TPSA) is 36.0 Å². The molecule has 1 aromatic carbocycles. The van der Waals surface area contributed by atoms with Crippen molar-refractivity contribution in [3.05, 3.63) is 35.9 Å². The van der Waals surface area contributed by atoms with E-state index in [4.69, 9.17) is 4.74 Å². The van der Waals surface area contributed by atoms with Crippen LogP contribution in [0.4, 0.5) is 0 Å². The third-order valence-electron chi connectivity index (χ3n) is 4.48. The molecule has 0 spiro atoms. The Bertz CT molecular complexity index is 480. The van der Waals surface area contributed by atoms with Crippen molar-refractivity contribution in [2.24, 2.45) is 0 Å². The van der Waals surface area contributed by atoms with Gasteiger partial charge in [-0.05, 0) is 12.5 Å². The summed E-state index contributed by atoms with van der Waals surface area (Å²) in [7, 11) is 3.62. The van der Waals surface area contributed by atoms with Gasteiger partial charge in [-0.3, -0.25) is 14.6 Å². The highest BCUT2D eigenvalue weighted by Gasteiger charge is 2.25. The summed E-state index contributed by atoms with van der Waals surface area (Å²) in [5.74, 6) is 0.186. The molecule has 0 N–H and O–H groups in total. The van der Waals surface area contributed by atoms with Gasteiger partial charge in [-0.2, -0.15) is 0 Å². The zero-order valence-electron chi connectivity index (χ0n) is 14.6. The number of likely N-dealkylation sites (N-methyl/N-ethyl adjacent to an activating group) is 1. The van der Waals surface area contributed by atoms with Crippen molar-refractivity contribution >= 4 is 5.91 Å². The highest BCUT2D eigenvalue weighted by Crippen LogP contribution is 2.10. The van der Waals surface area contributed by atoms with Gasteiger partial charge in [-0.15, -0.1) is 0 Å². The fraction of sp³-hybridized carbons (Fsp3) is 0.611. The SMILES string of the molecule is COCCN1CCN(CC(=O)N(C)Cc2ccccc2)CC1C. The molecule has 0 aliphatic carbocycles. The van der Waals surface area contributed by atoms with Crippen LogP contribution in [0, 0.1) is 0 Å². The number of hydrogen-bond acceptors (Lipinski definition) is 4. The number of nitrogens with zero attached hydrogens (tertiary/aromatic N) is 3. The Kier molecular flexibility index (Phi) is 7.02. The van der Waals surface area contributed by atoms with Crippen LogP contribution in [0.3, 0.4) is 0 Å². The molecule has 128 valence electrons. The molecule has 0 saturated carbocycles. The van der Waals surface area contributed by atoms with Crippen LogP contribution in [0.2, 0.25) is 0 Å². The third-order valence-corrected chi connectivity index (χ3v) is 4.48. The number of amides is 1. The molecular formula is C18H29N3O2. The molecule has 1 aliphatic heterocycles. The molecule has 1 atom stereocenters. The van der Waals surface area contributed by atoms with E-state index in [1.807, 2.05) is 30.1 Å². The Labute approximate surface area is 139 Å². The number of ether oxygens (including phenoxy) is 1. The van der Waals surface area contributed by atoms with Crippen LogP contribution in [-0.2, 0) is 16.1 Å². The van der Waals surface area contributed by atoms with Crippen LogP contribution in [-0.4, -0.2) is 80.1 Å². The second-order valence-corrected chi connectivity index (χ2v) is 6.35. The first-order chi connectivity index (χ1) is 11.1. The highest BCUT2D eigenvalue weighted by atomic mass is 16.5. The lowest BCUT2D eigenvalue weighted by molar-refractivity contribution is -0.132. The van der Waals surface area contributed by atoms with E-state index in [1.54, 1.807) is 7.11 Å². The fourth-order valence-electron chi connectivity index (χ4n) is 3.01. The van der Waals surface area contributed by atoms with Gasteiger partial charge >= 0.3 is 0 Å². The minimum Gasteiger partial charge on any atom is -0.383 e. The zero-order chi connectivity index (χ0) is 16.7. The Morgan fingerprint density at radius 2 is 2.04 bits per heavy atom. The summed E-state index contributed by atoms with van der Waals surface area (Å²) in [5, 5.41) is 0. The molecule has 1 aromatic rings. The summed E-state index contributed by atoms with van der Waals surface area (Å²) in [6.07, 6.45) is 0. The van der Waals surface area contributed by atoms with Crippen molar-refractivity contribution in [2.45, 2.75) is 19.5 Å². The Hall–Kier alpha value is -1.43. The van der Waals surface area contributed by atoms with Crippen LogP contribution in [0.25, 0.3) is 0 Å². The molecule has 5 heteroatoms. The Balaban J connectivity index is 1.77. The van der Waals surface area contributed by atoms with Gasteiger partial charge in [0.15, 0.2) is 0 Å². The summed E-state index contributed by atoms with van der Waals surface area (Å²) in [6, 6.07) is 10.6. The summed E-state index contributed by atoms with van der Waals surface area (Å²) < 4.78 is 5.16. The summed E-state index contributed by atoms with van der Waals surface area (Å²) in [5.41, 5.74) is 1.17. The lowest BCUT2D eigenvalue weighted by Gasteiger charge is -2.39. The maximum atomic E-state index is 12.4. The van der Waals surface area contributed by atoms with Crippen LogP contribution < -0.4 is 0 Å². The first-order valence-electron chi connectivity index (χ1n) is 8.33. The zero-order valence-corrected chi connectivity index (χ0v) is 14.6. The van der Waals surface area contributed by atoms with E-state index in [2.05, 4.69) is 28.9 Å². The lowest BCUT2D eigenvalue weighted by atomic mass is 10.2. The van der Waals surface area contributed by atoms with E-state index in [-0.39, 0.29) is 5.91 Å². The van der Waals surface area contributed by atoms with E-state index < -0.39 is 0 Å². The lowest BCUT2D eigenvalue weighted by Crippen LogP contribution is -2.54. The highest BCUT2D eigenvalue weighted by molar-refractivity contribution is 5.78. The molecule has 1 amide bonds. The number of rotatable bonds is 7. The number of piperazine rings is 1. The first-order valence-corrected chi connectivity index (χ1v) is 8.33. The number of benzene rings is 1. The molecule has 1 heterocycles. The molecule has 0 aromatic heterocycles. The van der Waals surface area contributed by atoms with Gasteiger partial charge in [0.2, 0.25) is 5.91 Å². The molecule has 0 bridgehead atoms. The minimum absolute atomic E-state index is 0.186. The van der Waals surface area contributed by atoms with Gasteiger partial charge in [0, 0.05) is 52.9 Å². The standard InChI is InChI=1S/C18H29N3O2/c1-16-13-20(9-10-21(16)11-12-23-3)15-18(22)19(2)14-17-7-5-4-6-8-17/h4-8,16H,9-15H2,1-3H3. The van der Waals surface area contributed by atoms with Crippen molar-refractivity contribution in [1.29, 1.82) is 0 Å². The van der Waals surface area contributed by atoms with Crippen molar-refractivity contribution < 1.29 is 9.53 Å². The molecule has 23 heavy (non-hydrogen) atoms. The average molecular weight is 319 g/mol. The van der Waals surface area contributed by atoms with Crippen molar-refractivity contribution in [3.63, 3.8) is 0 Å². The maximum Gasteiger partial charge on any atom is 0.236 e. The smallest absolute Gasteiger partial charge is 0.236 e. The van der Waals surface area contributed by atoms with Crippen LogP contribution >= 0.6 is 0 Å². The van der Waals surface area contributed by atoms with Gasteiger partial charge in [-0.1, -0.05) is 30.3 Å². The van der Waals surface area contributed by atoms with Gasteiger partial charge < -0.3 is 9.64 Å². The van der Waals surface area contributed by atoms with E-state index in [9.17, 15) is 4.79 Å². The van der Waals surface area contributed by atoms with E-state index >= 15 is 0 Å². The average Bonchev–Trinajstić information content (AvgIpc) is 2.55. The van der Waals surface area contributed by atoms with E-state index in [0.29, 0.717) is 19.1 Å². The monoisotopic (exact) mass is 319 g/mol. The maximum absolute atomic E-state index is 12.4. The van der Waals surface area contributed by atoms with Crippen molar-refractivity contribution in [3.8, 4) is 0 Å². The molecule has 2 rings (SSSR count). The van der Waals surface area contributed by atoms with Gasteiger partial charge in [0.25, 0.3) is 0 Å². The van der Waals surface area contributed by atoms with Crippen LogP contribution in [0.1, 0.15) is 12.5 Å². The summed E-state index contributed by atoms with van der Waals surface area (Å²) >= 11 is 0. The predicted molar refractivity (Wildman–Crippen MR) is 92.3 cm³/mol. The normalized spacial score (nSPS) is 19.7.